The summed E-state index contributed by atoms with van der Waals surface area (Å²) in [6, 6.07) is 2.95. The minimum atomic E-state index is -0.432. The maximum atomic E-state index is 14.0. The minimum Gasteiger partial charge on any atom is -0.508 e. The number of halogens is 1. The van der Waals surface area contributed by atoms with Crippen LogP contribution in [0.2, 0.25) is 0 Å². The van der Waals surface area contributed by atoms with Crippen LogP contribution >= 0.6 is 0 Å². The lowest BCUT2D eigenvalue weighted by atomic mass is 9.91. The van der Waals surface area contributed by atoms with Crippen LogP contribution in [0.5, 0.6) is 11.5 Å². The summed E-state index contributed by atoms with van der Waals surface area (Å²) in [5.41, 5.74) is 0.373. The Morgan fingerprint density at radius 3 is 3.00 bits per heavy atom. The van der Waals surface area contributed by atoms with Gasteiger partial charge < -0.3 is 15.2 Å². The molecule has 1 atom stereocenters. The van der Waals surface area contributed by atoms with Crippen LogP contribution in [0, 0.1) is 11.7 Å². The van der Waals surface area contributed by atoms with E-state index in [0.29, 0.717) is 17.9 Å². The number of phenols is 1. The monoisotopic (exact) mass is 239 g/mol. The Balaban J connectivity index is 2.18. The molecule has 1 aromatic rings. The Labute approximate surface area is 101 Å². The van der Waals surface area contributed by atoms with E-state index in [1.807, 2.05) is 0 Å². The molecule has 1 heterocycles. The number of methoxy groups -OCH3 is 1. The quantitative estimate of drug-likeness (QED) is 0.848. The minimum absolute atomic E-state index is 0.0221. The molecule has 4 heteroatoms. The van der Waals surface area contributed by atoms with Gasteiger partial charge in [0.25, 0.3) is 0 Å². The normalized spacial score (nSPS) is 20.2. The van der Waals surface area contributed by atoms with Crippen LogP contribution in [0.1, 0.15) is 18.4 Å². The van der Waals surface area contributed by atoms with Crippen molar-refractivity contribution in [3.8, 4) is 11.5 Å². The number of ether oxygens (including phenoxy) is 1. The van der Waals surface area contributed by atoms with Crippen LogP contribution in [0.15, 0.2) is 12.1 Å². The third-order valence-corrected chi connectivity index (χ3v) is 3.29. The number of benzene rings is 1. The summed E-state index contributed by atoms with van der Waals surface area (Å²) in [6.45, 7) is 1.92. The lowest BCUT2D eigenvalue weighted by molar-refractivity contribution is 0.352. The first-order valence-corrected chi connectivity index (χ1v) is 5.97. The second kappa shape index (κ2) is 5.36. The molecule has 1 fully saturated rings. The van der Waals surface area contributed by atoms with Gasteiger partial charge in [0.05, 0.1) is 7.11 Å². The van der Waals surface area contributed by atoms with Crippen molar-refractivity contribution < 1.29 is 14.2 Å². The summed E-state index contributed by atoms with van der Waals surface area (Å²) < 4.78 is 18.9. The van der Waals surface area contributed by atoms with Crippen LogP contribution in [0.3, 0.4) is 0 Å². The molecule has 2 rings (SSSR count). The number of piperidine rings is 1. The molecule has 3 nitrogen and oxygen atoms in total. The fourth-order valence-corrected chi connectivity index (χ4v) is 2.33. The third-order valence-electron chi connectivity index (χ3n) is 3.29. The van der Waals surface area contributed by atoms with Crippen molar-refractivity contribution in [3.63, 3.8) is 0 Å². The summed E-state index contributed by atoms with van der Waals surface area (Å²) in [7, 11) is 1.43. The molecule has 0 spiro atoms. The molecule has 2 N–H and O–H groups in total. The number of nitrogens with one attached hydrogen (secondary N) is 1. The summed E-state index contributed by atoms with van der Waals surface area (Å²) in [6.07, 6.45) is 2.74. The molecule has 0 saturated carbocycles. The van der Waals surface area contributed by atoms with E-state index < -0.39 is 5.82 Å². The molecule has 94 valence electrons. The van der Waals surface area contributed by atoms with Gasteiger partial charge in [-0.1, -0.05) is 0 Å². The zero-order chi connectivity index (χ0) is 12.3. The maximum absolute atomic E-state index is 14.0. The van der Waals surface area contributed by atoms with Gasteiger partial charge in [0.1, 0.15) is 5.75 Å². The van der Waals surface area contributed by atoms with Crippen molar-refractivity contribution in [2.75, 3.05) is 20.2 Å². The van der Waals surface area contributed by atoms with E-state index >= 15 is 0 Å². The molecule has 0 amide bonds. The Morgan fingerprint density at radius 2 is 2.35 bits per heavy atom. The third kappa shape index (κ3) is 2.69. The molecule has 1 aromatic carbocycles. The average molecular weight is 239 g/mol. The number of rotatable bonds is 3. The molecular formula is C13H18FNO2. The van der Waals surface area contributed by atoms with Crippen LogP contribution in [0.4, 0.5) is 4.39 Å². The van der Waals surface area contributed by atoms with Crippen LogP contribution < -0.4 is 10.1 Å². The number of hydrogen-bond donors (Lipinski definition) is 2. The Kier molecular flexibility index (Phi) is 3.84. The molecule has 1 saturated heterocycles. The van der Waals surface area contributed by atoms with E-state index in [1.165, 1.54) is 19.2 Å². The van der Waals surface area contributed by atoms with Gasteiger partial charge >= 0.3 is 0 Å². The molecule has 0 radical (unpaired) electrons. The number of phenolic OH excluding ortho intramolecular Hbond substituents is 1. The van der Waals surface area contributed by atoms with Crippen molar-refractivity contribution in [2.45, 2.75) is 19.3 Å². The highest BCUT2D eigenvalue weighted by molar-refractivity contribution is 5.41. The van der Waals surface area contributed by atoms with Crippen molar-refractivity contribution in [1.82, 2.24) is 5.32 Å². The van der Waals surface area contributed by atoms with Crippen LogP contribution in [0.25, 0.3) is 0 Å². The van der Waals surface area contributed by atoms with Crippen LogP contribution in [-0.2, 0) is 6.42 Å². The van der Waals surface area contributed by atoms with Crippen molar-refractivity contribution in [2.24, 2.45) is 5.92 Å². The highest BCUT2D eigenvalue weighted by Crippen LogP contribution is 2.31. The second-order valence-corrected chi connectivity index (χ2v) is 4.50. The van der Waals surface area contributed by atoms with E-state index in [0.717, 1.165) is 25.9 Å². The first-order valence-electron chi connectivity index (χ1n) is 5.97. The molecule has 17 heavy (non-hydrogen) atoms. The van der Waals surface area contributed by atoms with Crippen molar-refractivity contribution in [3.05, 3.63) is 23.5 Å². The van der Waals surface area contributed by atoms with E-state index in [2.05, 4.69) is 5.32 Å². The van der Waals surface area contributed by atoms with E-state index in [4.69, 9.17) is 4.74 Å². The molecule has 0 aromatic heterocycles. The molecule has 1 aliphatic heterocycles. The highest BCUT2D eigenvalue weighted by Gasteiger charge is 2.20. The Bertz CT molecular complexity index is 389. The topological polar surface area (TPSA) is 41.5 Å². The maximum Gasteiger partial charge on any atom is 0.171 e. The predicted octanol–water partition coefficient (Wildman–Crippen LogP) is 2.08. The van der Waals surface area contributed by atoms with Gasteiger partial charge in [0.2, 0.25) is 0 Å². The van der Waals surface area contributed by atoms with Gasteiger partial charge in [-0.25, -0.2) is 4.39 Å². The lowest BCUT2D eigenvalue weighted by Gasteiger charge is -2.23. The number of aromatic hydroxyl groups is 1. The highest BCUT2D eigenvalue weighted by atomic mass is 19.1. The fourth-order valence-electron chi connectivity index (χ4n) is 2.33. The van der Waals surface area contributed by atoms with Gasteiger partial charge in [-0.3, -0.25) is 0 Å². The smallest absolute Gasteiger partial charge is 0.171 e. The SMILES string of the molecule is COc1ccc(O)c(CC2CCCNC2)c1F. The van der Waals surface area contributed by atoms with Crippen molar-refractivity contribution in [1.29, 1.82) is 0 Å². The first kappa shape index (κ1) is 12.2. The molecule has 0 bridgehead atoms. The van der Waals surface area contributed by atoms with E-state index in [-0.39, 0.29) is 11.5 Å². The lowest BCUT2D eigenvalue weighted by Crippen LogP contribution is -2.31. The van der Waals surface area contributed by atoms with Gasteiger partial charge in [0.15, 0.2) is 11.6 Å². The van der Waals surface area contributed by atoms with E-state index in [1.54, 1.807) is 0 Å². The zero-order valence-corrected chi connectivity index (χ0v) is 10.0. The average Bonchev–Trinajstić information content (AvgIpc) is 2.36. The molecule has 1 aliphatic rings. The molecular weight excluding hydrogens is 221 g/mol. The Hall–Kier alpha value is -1.29. The molecule has 0 aliphatic carbocycles. The van der Waals surface area contributed by atoms with Gasteiger partial charge in [-0.05, 0) is 50.4 Å². The summed E-state index contributed by atoms with van der Waals surface area (Å²) in [5, 5.41) is 13.0. The first-order chi connectivity index (χ1) is 8.22. The second-order valence-electron chi connectivity index (χ2n) is 4.50. The molecule has 1 unspecified atom stereocenters. The largest absolute Gasteiger partial charge is 0.508 e. The summed E-state index contributed by atoms with van der Waals surface area (Å²) in [4.78, 5) is 0. The summed E-state index contributed by atoms with van der Waals surface area (Å²) >= 11 is 0. The summed E-state index contributed by atoms with van der Waals surface area (Å²) in [5.74, 6) is 0.171. The van der Waals surface area contributed by atoms with Crippen molar-refractivity contribution >= 4 is 0 Å². The standard InChI is InChI=1S/C13H18FNO2/c1-17-12-5-4-11(16)10(13(12)14)7-9-3-2-6-15-8-9/h4-5,9,15-16H,2-3,6-8H2,1H3. The fraction of sp³-hybridized carbons (Fsp3) is 0.538. The van der Waals surface area contributed by atoms with Gasteiger partial charge in [-0.2, -0.15) is 0 Å². The van der Waals surface area contributed by atoms with Crippen LogP contribution in [-0.4, -0.2) is 25.3 Å². The number of hydrogen-bond acceptors (Lipinski definition) is 3. The Morgan fingerprint density at radius 1 is 1.53 bits per heavy atom. The van der Waals surface area contributed by atoms with Gasteiger partial charge in [-0.15, -0.1) is 0 Å². The predicted molar refractivity (Wildman–Crippen MR) is 63.9 cm³/mol. The van der Waals surface area contributed by atoms with Gasteiger partial charge in [0, 0.05) is 5.56 Å². The zero-order valence-electron chi connectivity index (χ0n) is 10.0. The van der Waals surface area contributed by atoms with E-state index in [9.17, 15) is 9.50 Å².